The summed E-state index contributed by atoms with van der Waals surface area (Å²) in [6.07, 6.45) is 38.4. The van der Waals surface area contributed by atoms with Gasteiger partial charge in [-0.05, 0) is 51.4 Å². The number of allylic oxidation sites excluding steroid dienone is 8. The standard InChI is InChI=1S/C41H73O10P/c1-3-5-7-9-11-12-13-14-15-16-17-18-19-20-21-22-23-24-25-26-27-29-31-33-41(45)51-39(35-43)37-49-52(46,47)48-36-38(34-42)50-40(44)32-30-28-10-8-6-4-2/h5,7,11-12,14-15,17-18,38-39,42-43H,3-4,6,8-10,13,16,19-37H2,1-2H3,(H,46,47)/b7-5-,12-11-,15-14-,18-17-. The van der Waals surface area contributed by atoms with Gasteiger partial charge in [0.15, 0.2) is 0 Å². The summed E-state index contributed by atoms with van der Waals surface area (Å²) < 4.78 is 32.3. The topological polar surface area (TPSA) is 149 Å². The Bertz CT molecular complexity index is 1010. The van der Waals surface area contributed by atoms with E-state index < -0.39 is 58.4 Å². The van der Waals surface area contributed by atoms with Crippen LogP contribution in [0.4, 0.5) is 0 Å². The number of hydrogen-bond acceptors (Lipinski definition) is 9. The van der Waals surface area contributed by atoms with Crippen molar-refractivity contribution in [3.8, 4) is 0 Å². The number of aliphatic hydroxyl groups is 2. The van der Waals surface area contributed by atoms with Gasteiger partial charge in [0.25, 0.3) is 0 Å². The molecule has 0 rings (SSSR count). The first kappa shape index (κ1) is 49.9. The number of aliphatic hydroxyl groups excluding tert-OH is 2. The number of carbonyl (C=O) groups excluding carboxylic acids is 2. The summed E-state index contributed by atoms with van der Waals surface area (Å²) in [7, 11) is -4.62. The average Bonchev–Trinajstić information content (AvgIpc) is 3.13. The quantitative estimate of drug-likeness (QED) is 0.0242. The minimum absolute atomic E-state index is 0.186. The maximum atomic E-state index is 12.3. The number of phosphoric acid groups is 1. The van der Waals surface area contributed by atoms with Gasteiger partial charge in [0, 0.05) is 12.8 Å². The van der Waals surface area contributed by atoms with Crippen LogP contribution in [0.25, 0.3) is 0 Å². The molecule has 0 saturated carbocycles. The summed E-state index contributed by atoms with van der Waals surface area (Å²) in [5.41, 5.74) is 0. The molecule has 0 amide bonds. The fraction of sp³-hybridized carbons (Fsp3) is 0.756. The average molecular weight is 757 g/mol. The molecule has 0 aromatic rings. The molecule has 302 valence electrons. The zero-order valence-electron chi connectivity index (χ0n) is 32.5. The Morgan fingerprint density at radius 2 is 0.904 bits per heavy atom. The number of ether oxygens (including phenoxy) is 2. The smallest absolute Gasteiger partial charge is 0.457 e. The van der Waals surface area contributed by atoms with Crippen molar-refractivity contribution in [2.75, 3.05) is 26.4 Å². The molecule has 0 aliphatic carbocycles. The molecule has 0 radical (unpaired) electrons. The van der Waals surface area contributed by atoms with Gasteiger partial charge >= 0.3 is 19.8 Å². The molecule has 0 bridgehead atoms. The SMILES string of the molecule is CC/C=C\C/C=C\C/C=C\C/C=C\CCCCCCCCCCCCC(=O)OC(CO)COP(=O)(O)OCC(CO)OC(=O)CCCCCCCC. The number of hydrogen-bond donors (Lipinski definition) is 3. The lowest BCUT2D eigenvalue weighted by atomic mass is 10.0. The molecule has 0 heterocycles. The molecule has 3 unspecified atom stereocenters. The highest BCUT2D eigenvalue weighted by atomic mass is 31.2. The Morgan fingerprint density at radius 3 is 1.31 bits per heavy atom. The van der Waals surface area contributed by atoms with E-state index in [1.165, 1.54) is 38.5 Å². The first-order valence-corrected chi connectivity index (χ1v) is 21.6. The fourth-order valence-corrected chi connectivity index (χ4v) is 6.01. The summed E-state index contributed by atoms with van der Waals surface area (Å²) in [4.78, 5) is 34.2. The normalized spacial score (nSPS) is 14.5. The molecule has 0 aromatic heterocycles. The maximum Gasteiger partial charge on any atom is 0.472 e. The molecule has 52 heavy (non-hydrogen) atoms. The Balaban J connectivity index is 3.85. The highest BCUT2D eigenvalue weighted by Gasteiger charge is 2.27. The van der Waals surface area contributed by atoms with Crippen LogP contribution in [-0.2, 0) is 32.7 Å². The summed E-state index contributed by atoms with van der Waals surface area (Å²) in [5.74, 6) is -1.03. The Labute approximate surface area is 315 Å². The first-order chi connectivity index (χ1) is 25.3. The molecule has 10 nitrogen and oxygen atoms in total. The van der Waals surface area contributed by atoms with Crippen LogP contribution in [0, 0.1) is 0 Å². The highest BCUT2D eigenvalue weighted by Crippen LogP contribution is 2.43. The van der Waals surface area contributed by atoms with Crippen LogP contribution in [0.5, 0.6) is 0 Å². The molecule has 0 spiro atoms. The molecular weight excluding hydrogens is 683 g/mol. The van der Waals surface area contributed by atoms with Crippen molar-refractivity contribution in [3.63, 3.8) is 0 Å². The summed E-state index contributed by atoms with van der Waals surface area (Å²) in [6.45, 7) is 1.99. The molecule has 0 fully saturated rings. The van der Waals surface area contributed by atoms with Gasteiger partial charge in [-0.2, -0.15) is 0 Å². The first-order valence-electron chi connectivity index (χ1n) is 20.1. The number of carbonyl (C=O) groups is 2. The number of esters is 2. The lowest BCUT2D eigenvalue weighted by Gasteiger charge is -2.20. The van der Waals surface area contributed by atoms with E-state index in [0.29, 0.717) is 12.8 Å². The monoisotopic (exact) mass is 756 g/mol. The number of rotatable bonds is 37. The predicted octanol–water partition coefficient (Wildman–Crippen LogP) is 10.2. The Hall–Kier alpha value is -2.07. The van der Waals surface area contributed by atoms with E-state index in [4.69, 9.17) is 18.5 Å². The lowest BCUT2D eigenvalue weighted by Crippen LogP contribution is -2.28. The van der Waals surface area contributed by atoms with E-state index in [-0.39, 0.29) is 12.8 Å². The summed E-state index contributed by atoms with van der Waals surface area (Å²) in [6, 6.07) is 0. The highest BCUT2D eigenvalue weighted by molar-refractivity contribution is 7.47. The van der Waals surface area contributed by atoms with Crippen molar-refractivity contribution in [3.05, 3.63) is 48.6 Å². The van der Waals surface area contributed by atoms with Crippen LogP contribution in [0.15, 0.2) is 48.6 Å². The molecule has 3 N–H and O–H groups in total. The zero-order valence-corrected chi connectivity index (χ0v) is 33.4. The van der Waals surface area contributed by atoms with Crippen LogP contribution < -0.4 is 0 Å². The third-order valence-corrected chi connectivity index (χ3v) is 9.26. The molecule has 3 atom stereocenters. The molecule has 0 aromatic carbocycles. The van der Waals surface area contributed by atoms with Gasteiger partial charge in [-0.3, -0.25) is 18.6 Å². The Morgan fingerprint density at radius 1 is 0.538 bits per heavy atom. The van der Waals surface area contributed by atoms with Gasteiger partial charge in [0.1, 0.15) is 12.2 Å². The van der Waals surface area contributed by atoms with Crippen LogP contribution in [0.2, 0.25) is 0 Å². The van der Waals surface area contributed by atoms with E-state index >= 15 is 0 Å². The molecule has 0 saturated heterocycles. The summed E-state index contributed by atoms with van der Waals surface area (Å²) in [5, 5.41) is 19.0. The van der Waals surface area contributed by atoms with Crippen molar-refractivity contribution < 1.29 is 47.8 Å². The third-order valence-electron chi connectivity index (χ3n) is 8.31. The molecule has 11 heteroatoms. The van der Waals surface area contributed by atoms with Crippen molar-refractivity contribution in [1.29, 1.82) is 0 Å². The number of unbranched alkanes of at least 4 members (excludes halogenated alkanes) is 15. The number of phosphoric ester groups is 1. The van der Waals surface area contributed by atoms with E-state index in [0.717, 1.165) is 83.5 Å². The van der Waals surface area contributed by atoms with E-state index in [1.54, 1.807) is 0 Å². The van der Waals surface area contributed by atoms with Crippen molar-refractivity contribution >= 4 is 19.8 Å². The van der Waals surface area contributed by atoms with Gasteiger partial charge in [-0.1, -0.05) is 146 Å². The molecule has 0 aliphatic rings. The second kappa shape index (κ2) is 37.3. The largest absolute Gasteiger partial charge is 0.472 e. The zero-order chi connectivity index (χ0) is 38.4. The van der Waals surface area contributed by atoms with Gasteiger partial charge in [0.2, 0.25) is 0 Å². The summed E-state index contributed by atoms with van der Waals surface area (Å²) >= 11 is 0. The van der Waals surface area contributed by atoms with Crippen LogP contribution >= 0.6 is 7.82 Å². The minimum Gasteiger partial charge on any atom is -0.457 e. The Kier molecular flexibility index (Phi) is 35.8. The lowest BCUT2D eigenvalue weighted by molar-refractivity contribution is -0.153. The van der Waals surface area contributed by atoms with Crippen molar-refractivity contribution in [1.82, 2.24) is 0 Å². The van der Waals surface area contributed by atoms with Gasteiger partial charge in [0.05, 0.1) is 26.4 Å². The predicted molar refractivity (Wildman–Crippen MR) is 210 cm³/mol. The second-order valence-corrected chi connectivity index (χ2v) is 14.7. The van der Waals surface area contributed by atoms with Gasteiger partial charge < -0.3 is 24.6 Å². The molecule has 0 aliphatic heterocycles. The maximum absolute atomic E-state index is 12.3. The van der Waals surface area contributed by atoms with E-state index in [9.17, 15) is 29.3 Å². The fourth-order valence-electron chi connectivity index (χ4n) is 5.22. The van der Waals surface area contributed by atoms with Crippen LogP contribution in [0.1, 0.15) is 162 Å². The van der Waals surface area contributed by atoms with Gasteiger partial charge in [-0.25, -0.2) is 4.57 Å². The van der Waals surface area contributed by atoms with Crippen molar-refractivity contribution in [2.45, 2.75) is 174 Å². The van der Waals surface area contributed by atoms with E-state index in [2.05, 4.69) is 62.5 Å². The van der Waals surface area contributed by atoms with Crippen molar-refractivity contribution in [2.24, 2.45) is 0 Å². The van der Waals surface area contributed by atoms with Crippen LogP contribution in [0.3, 0.4) is 0 Å². The van der Waals surface area contributed by atoms with E-state index in [1.807, 2.05) is 0 Å². The van der Waals surface area contributed by atoms with Gasteiger partial charge in [-0.15, -0.1) is 0 Å². The van der Waals surface area contributed by atoms with Crippen LogP contribution in [-0.4, -0.2) is 65.7 Å². The third kappa shape index (κ3) is 35.0. The molecular formula is C41H73O10P. The minimum atomic E-state index is -4.62. The second-order valence-electron chi connectivity index (χ2n) is 13.2.